The highest BCUT2D eigenvalue weighted by Crippen LogP contribution is 2.41. The highest BCUT2D eigenvalue weighted by molar-refractivity contribution is 5.85. The first-order valence-corrected chi connectivity index (χ1v) is 8.46. The first-order valence-electron chi connectivity index (χ1n) is 8.46. The maximum absolute atomic E-state index is 11.7. The molecule has 3 atom stereocenters. The third-order valence-electron chi connectivity index (χ3n) is 4.92. The van der Waals surface area contributed by atoms with E-state index in [1.807, 2.05) is 0 Å². The number of fused-ring (bicyclic) bond motifs is 1. The van der Waals surface area contributed by atoms with Gasteiger partial charge in [-0.25, -0.2) is 4.99 Å². The topological polar surface area (TPSA) is 56.7 Å². The van der Waals surface area contributed by atoms with E-state index >= 15 is 0 Å². The van der Waals surface area contributed by atoms with Crippen molar-refractivity contribution in [3.63, 3.8) is 0 Å². The third kappa shape index (κ3) is 4.75. The van der Waals surface area contributed by atoms with Gasteiger partial charge >= 0.3 is 0 Å². The number of aliphatic imine (C=N–C) groups is 1. The number of guanidine groups is 1. The first kappa shape index (κ1) is 16.8. The molecule has 2 aliphatic rings. The molecule has 0 aromatic rings. The van der Waals surface area contributed by atoms with Crippen molar-refractivity contribution in [1.29, 1.82) is 0 Å². The Labute approximate surface area is 134 Å². The molecular weight excluding hydrogens is 276 g/mol. The Morgan fingerprint density at radius 2 is 2.05 bits per heavy atom. The van der Waals surface area contributed by atoms with Crippen LogP contribution in [-0.2, 0) is 4.79 Å². The molecule has 0 aromatic carbocycles. The predicted molar refractivity (Wildman–Crippen MR) is 90.8 cm³/mol. The van der Waals surface area contributed by atoms with Crippen molar-refractivity contribution in [3.8, 4) is 0 Å². The highest BCUT2D eigenvalue weighted by Gasteiger charge is 2.33. The van der Waals surface area contributed by atoms with Crippen molar-refractivity contribution in [2.24, 2.45) is 16.8 Å². The largest absolute Gasteiger partial charge is 0.354 e. The van der Waals surface area contributed by atoms with Crippen LogP contribution in [0.5, 0.6) is 0 Å². The molecule has 0 heterocycles. The lowest BCUT2D eigenvalue weighted by atomic mass is 9.79. The summed E-state index contributed by atoms with van der Waals surface area (Å²) in [5.41, 5.74) is 0. The average molecular weight is 306 g/mol. The van der Waals surface area contributed by atoms with Crippen LogP contribution in [0.25, 0.3) is 0 Å². The first-order chi connectivity index (χ1) is 10.6. The van der Waals surface area contributed by atoms with E-state index in [9.17, 15) is 4.79 Å². The fourth-order valence-corrected chi connectivity index (χ4v) is 3.64. The Bertz CT molecular complexity index is 419. The van der Waals surface area contributed by atoms with Crippen LogP contribution < -0.4 is 10.6 Å². The summed E-state index contributed by atoms with van der Waals surface area (Å²) in [7, 11) is 3.51. The van der Waals surface area contributed by atoms with Crippen molar-refractivity contribution in [2.45, 2.75) is 44.6 Å². The zero-order valence-electron chi connectivity index (χ0n) is 14.0. The molecule has 2 fully saturated rings. The second kappa shape index (κ2) is 8.20. The fourth-order valence-electron chi connectivity index (χ4n) is 3.64. The molecule has 0 bridgehead atoms. The van der Waals surface area contributed by atoms with Crippen LogP contribution in [0, 0.1) is 11.8 Å². The van der Waals surface area contributed by atoms with E-state index in [-0.39, 0.29) is 12.5 Å². The van der Waals surface area contributed by atoms with Gasteiger partial charge in [-0.15, -0.1) is 6.58 Å². The molecule has 22 heavy (non-hydrogen) atoms. The van der Waals surface area contributed by atoms with Gasteiger partial charge in [-0.3, -0.25) is 4.79 Å². The molecule has 2 N–H and O–H groups in total. The second-order valence-electron chi connectivity index (χ2n) is 6.73. The number of hydrogen-bond donors (Lipinski definition) is 2. The van der Waals surface area contributed by atoms with Gasteiger partial charge < -0.3 is 15.5 Å². The molecule has 5 nitrogen and oxygen atoms in total. The second-order valence-corrected chi connectivity index (χ2v) is 6.73. The van der Waals surface area contributed by atoms with Gasteiger partial charge in [-0.1, -0.05) is 25.3 Å². The molecule has 2 saturated carbocycles. The molecule has 124 valence electrons. The van der Waals surface area contributed by atoms with Crippen molar-refractivity contribution in [2.75, 3.05) is 27.2 Å². The normalized spacial score (nSPS) is 27.9. The van der Waals surface area contributed by atoms with Crippen LogP contribution in [0.15, 0.2) is 17.6 Å². The Morgan fingerprint density at radius 1 is 1.27 bits per heavy atom. The van der Waals surface area contributed by atoms with E-state index in [0.29, 0.717) is 12.6 Å². The lowest BCUT2D eigenvalue weighted by molar-refractivity contribution is -0.127. The van der Waals surface area contributed by atoms with E-state index in [1.54, 1.807) is 25.1 Å². The molecule has 0 spiro atoms. The number of hydrogen-bond acceptors (Lipinski definition) is 2. The Kier molecular flexibility index (Phi) is 6.28. The van der Waals surface area contributed by atoms with Gasteiger partial charge in [0.25, 0.3) is 0 Å². The molecule has 0 saturated heterocycles. The smallest absolute Gasteiger partial charge is 0.243 e. The van der Waals surface area contributed by atoms with Gasteiger partial charge in [0.15, 0.2) is 5.96 Å². The molecular formula is C17H30N4O. The van der Waals surface area contributed by atoms with Crippen LogP contribution in [0.3, 0.4) is 0 Å². The summed E-state index contributed by atoms with van der Waals surface area (Å²) in [5, 5.41) is 6.74. The van der Waals surface area contributed by atoms with Crippen molar-refractivity contribution in [1.82, 2.24) is 15.5 Å². The standard InChI is InChI=1S/C17H30N4O/c1-4-10-18-17(19-12-16(22)21(2)3)20-15-9-8-13-6-5-7-14(13)11-15/h4,13-15H,1,5-12H2,2-3H3,(H2,18,19,20). The minimum atomic E-state index is 0.0132. The molecule has 2 rings (SSSR count). The van der Waals surface area contributed by atoms with E-state index < -0.39 is 0 Å². The molecule has 1 amide bonds. The molecule has 2 aliphatic carbocycles. The van der Waals surface area contributed by atoms with Gasteiger partial charge in [-0.05, 0) is 31.1 Å². The summed E-state index contributed by atoms with van der Waals surface area (Å²) in [6.07, 6.45) is 9.78. The number of likely N-dealkylation sites (N-methyl/N-ethyl adjacent to an activating group) is 1. The van der Waals surface area contributed by atoms with E-state index in [4.69, 9.17) is 0 Å². The quantitative estimate of drug-likeness (QED) is 0.462. The third-order valence-corrected chi connectivity index (χ3v) is 4.92. The van der Waals surface area contributed by atoms with Crippen LogP contribution in [-0.4, -0.2) is 50.0 Å². The van der Waals surface area contributed by atoms with Gasteiger partial charge in [0.2, 0.25) is 5.91 Å². The SMILES string of the molecule is C=CCNC(=NCC(=O)N(C)C)NC1CCC2CCCC2C1. The Balaban J connectivity index is 1.89. The zero-order chi connectivity index (χ0) is 15.9. The van der Waals surface area contributed by atoms with Crippen LogP contribution in [0.1, 0.15) is 38.5 Å². The van der Waals surface area contributed by atoms with Crippen molar-refractivity contribution < 1.29 is 4.79 Å². The van der Waals surface area contributed by atoms with E-state index in [1.165, 1.54) is 38.5 Å². The zero-order valence-corrected chi connectivity index (χ0v) is 14.0. The Hall–Kier alpha value is -1.52. The molecule has 3 unspecified atom stereocenters. The van der Waals surface area contributed by atoms with Gasteiger partial charge in [-0.2, -0.15) is 0 Å². The van der Waals surface area contributed by atoms with Crippen molar-refractivity contribution >= 4 is 11.9 Å². The average Bonchev–Trinajstić information content (AvgIpc) is 2.97. The van der Waals surface area contributed by atoms with E-state index in [0.717, 1.165) is 17.8 Å². The summed E-state index contributed by atoms with van der Waals surface area (Å²) in [5.74, 6) is 2.58. The summed E-state index contributed by atoms with van der Waals surface area (Å²) < 4.78 is 0. The summed E-state index contributed by atoms with van der Waals surface area (Å²) >= 11 is 0. The maximum Gasteiger partial charge on any atom is 0.243 e. The number of rotatable bonds is 5. The number of carbonyl (C=O) groups is 1. The Morgan fingerprint density at radius 3 is 2.77 bits per heavy atom. The monoisotopic (exact) mass is 306 g/mol. The van der Waals surface area contributed by atoms with Crippen LogP contribution in [0.4, 0.5) is 0 Å². The summed E-state index contributed by atoms with van der Waals surface area (Å²) in [6, 6.07) is 0.477. The minimum Gasteiger partial charge on any atom is -0.354 e. The predicted octanol–water partition coefficient (Wildman–Crippen LogP) is 1.76. The minimum absolute atomic E-state index is 0.0132. The van der Waals surface area contributed by atoms with E-state index in [2.05, 4.69) is 22.2 Å². The van der Waals surface area contributed by atoms with Gasteiger partial charge in [0.1, 0.15) is 6.54 Å². The number of nitrogens with zero attached hydrogens (tertiary/aromatic N) is 2. The summed E-state index contributed by atoms with van der Waals surface area (Å²) in [4.78, 5) is 17.7. The van der Waals surface area contributed by atoms with Gasteiger partial charge in [0, 0.05) is 26.7 Å². The van der Waals surface area contributed by atoms with Gasteiger partial charge in [0.05, 0.1) is 0 Å². The molecule has 0 aromatic heterocycles. The molecule has 5 heteroatoms. The number of amides is 1. The van der Waals surface area contributed by atoms with Crippen LogP contribution >= 0.6 is 0 Å². The lowest BCUT2D eigenvalue weighted by Gasteiger charge is -2.33. The number of nitrogens with one attached hydrogen (secondary N) is 2. The molecule has 0 radical (unpaired) electrons. The van der Waals surface area contributed by atoms with Crippen LogP contribution in [0.2, 0.25) is 0 Å². The number of carbonyl (C=O) groups excluding carboxylic acids is 1. The lowest BCUT2D eigenvalue weighted by Crippen LogP contribution is -2.46. The maximum atomic E-state index is 11.7. The molecule has 0 aliphatic heterocycles. The fraction of sp³-hybridized carbons (Fsp3) is 0.765. The van der Waals surface area contributed by atoms with Crippen molar-refractivity contribution in [3.05, 3.63) is 12.7 Å². The highest BCUT2D eigenvalue weighted by atomic mass is 16.2. The summed E-state index contributed by atoms with van der Waals surface area (Å²) in [6.45, 7) is 4.56.